The lowest BCUT2D eigenvalue weighted by atomic mass is 10.2. The van der Waals surface area contributed by atoms with Crippen LogP contribution in [0.3, 0.4) is 0 Å². The molecule has 0 radical (unpaired) electrons. The van der Waals surface area contributed by atoms with E-state index in [1.807, 2.05) is 0 Å². The second-order valence-electron chi connectivity index (χ2n) is 2.19. The SMILES string of the molecule is COC(=O)C[C@H]1NC(=O)OC1=O. The number of nitrogens with one attached hydrogen (secondary N) is 1. The fourth-order valence-electron chi connectivity index (χ4n) is 0.778. The third kappa shape index (κ3) is 1.71. The predicted molar refractivity (Wildman–Crippen MR) is 35.0 cm³/mol. The molecule has 0 aromatic heterocycles. The fourth-order valence-corrected chi connectivity index (χ4v) is 0.778. The number of esters is 2. The molecular weight excluding hydrogens is 166 g/mol. The molecule has 0 saturated carbocycles. The van der Waals surface area contributed by atoms with E-state index in [0.29, 0.717) is 0 Å². The first-order valence-electron chi connectivity index (χ1n) is 3.22. The first kappa shape index (κ1) is 8.51. The van der Waals surface area contributed by atoms with Crippen LogP contribution < -0.4 is 5.32 Å². The van der Waals surface area contributed by atoms with Crippen molar-refractivity contribution in [1.82, 2.24) is 5.32 Å². The third-order valence-corrected chi connectivity index (χ3v) is 1.37. The number of hydrogen-bond donors (Lipinski definition) is 1. The molecule has 6 nitrogen and oxygen atoms in total. The van der Waals surface area contributed by atoms with Gasteiger partial charge in [0.25, 0.3) is 0 Å². The number of carbonyl (C=O) groups excluding carboxylic acids is 3. The van der Waals surface area contributed by atoms with Crippen LogP contribution in [0.1, 0.15) is 6.42 Å². The molecule has 1 atom stereocenters. The van der Waals surface area contributed by atoms with Crippen LogP contribution in [0.2, 0.25) is 0 Å². The van der Waals surface area contributed by atoms with E-state index < -0.39 is 24.1 Å². The summed E-state index contributed by atoms with van der Waals surface area (Å²) in [5.74, 6) is -1.32. The summed E-state index contributed by atoms with van der Waals surface area (Å²) in [7, 11) is 1.20. The molecule has 1 heterocycles. The maximum Gasteiger partial charge on any atom is 0.415 e. The van der Waals surface area contributed by atoms with Gasteiger partial charge in [0.2, 0.25) is 0 Å². The topological polar surface area (TPSA) is 81.7 Å². The van der Waals surface area contributed by atoms with Crippen LogP contribution in [0.25, 0.3) is 0 Å². The van der Waals surface area contributed by atoms with Crippen LogP contribution >= 0.6 is 0 Å². The Morgan fingerprint density at radius 1 is 1.67 bits per heavy atom. The average molecular weight is 173 g/mol. The molecule has 66 valence electrons. The Morgan fingerprint density at radius 2 is 2.33 bits per heavy atom. The lowest BCUT2D eigenvalue weighted by molar-refractivity contribution is -0.145. The molecule has 6 heteroatoms. The lowest BCUT2D eigenvalue weighted by Crippen LogP contribution is -2.31. The minimum Gasteiger partial charge on any atom is -0.469 e. The highest BCUT2D eigenvalue weighted by Crippen LogP contribution is 2.04. The summed E-state index contributed by atoms with van der Waals surface area (Å²) in [6.45, 7) is 0. The second kappa shape index (κ2) is 3.21. The van der Waals surface area contributed by atoms with E-state index in [1.165, 1.54) is 7.11 Å². The monoisotopic (exact) mass is 173 g/mol. The van der Waals surface area contributed by atoms with Crippen molar-refractivity contribution in [2.24, 2.45) is 0 Å². The Morgan fingerprint density at radius 3 is 2.75 bits per heavy atom. The zero-order valence-electron chi connectivity index (χ0n) is 6.33. The van der Waals surface area contributed by atoms with Crippen molar-refractivity contribution in [1.29, 1.82) is 0 Å². The second-order valence-corrected chi connectivity index (χ2v) is 2.19. The van der Waals surface area contributed by atoms with Crippen LogP contribution in [-0.2, 0) is 19.1 Å². The highest BCUT2D eigenvalue weighted by molar-refractivity contribution is 5.97. The van der Waals surface area contributed by atoms with Crippen LogP contribution in [-0.4, -0.2) is 31.2 Å². The van der Waals surface area contributed by atoms with Crippen molar-refractivity contribution < 1.29 is 23.9 Å². The van der Waals surface area contributed by atoms with Gasteiger partial charge in [-0.2, -0.15) is 0 Å². The van der Waals surface area contributed by atoms with Crippen LogP contribution in [0.15, 0.2) is 0 Å². The van der Waals surface area contributed by atoms with E-state index in [1.54, 1.807) is 0 Å². The molecule has 1 aliphatic heterocycles. The number of alkyl carbamates (subject to hydrolysis) is 1. The Kier molecular flexibility index (Phi) is 2.27. The van der Waals surface area contributed by atoms with Crippen molar-refractivity contribution in [3.8, 4) is 0 Å². The van der Waals surface area contributed by atoms with Gasteiger partial charge in [0.05, 0.1) is 13.5 Å². The maximum atomic E-state index is 10.7. The summed E-state index contributed by atoms with van der Waals surface area (Å²) in [5, 5.41) is 2.16. The van der Waals surface area contributed by atoms with Gasteiger partial charge in [0.1, 0.15) is 6.04 Å². The van der Waals surface area contributed by atoms with Crippen molar-refractivity contribution in [3.63, 3.8) is 0 Å². The molecule has 0 bridgehead atoms. The molecule has 0 aliphatic carbocycles. The van der Waals surface area contributed by atoms with Crippen LogP contribution in [0.5, 0.6) is 0 Å². The minimum absolute atomic E-state index is 0.193. The van der Waals surface area contributed by atoms with Crippen molar-refractivity contribution >= 4 is 18.0 Å². The number of ether oxygens (including phenoxy) is 2. The molecule has 1 amide bonds. The third-order valence-electron chi connectivity index (χ3n) is 1.37. The maximum absolute atomic E-state index is 10.7. The van der Waals surface area contributed by atoms with Crippen LogP contribution in [0.4, 0.5) is 4.79 Å². The van der Waals surface area contributed by atoms with Gasteiger partial charge in [-0.15, -0.1) is 0 Å². The first-order valence-corrected chi connectivity index (χ1v) is 3.22. The van der Waals surface area contributed by atoms with Gasteiger partial charge < -0.3 is 14.8 Å². The summed E-state index contributed by atoms with van der Waals surface area (Å²) >= 11 is 0. The Hall–Kier alpha value is -1.59. The smallest absolute Gasteiger partial charge is 0.415 e. The molecule has 0 aromatic carbocycles. The number of amides is 1. The quantitative estimate of drug-likeness (QED) is 0.436. The number of rotatable bonds is 2. The normalized spacial score (nSPS) is 21.6. The number of methoxy groups -OCH3 is 1. The summed E-state index contributed by atoms with van der Waals surface area (Å²) in [4.78, 5) is 31.8. The molecule has 1 saturated heterocycles. The van der Waals surface area contributed by atoms with Crippen molar-refractivity contribution in [2.45, 2.75) is 12.5 Å². The molecule has 1 N–H and O–H groups in total. The van der Waals surface area contributed by atoms with E-state index in [0.717, 1.165) is 0 Å². The van der Waals surface area contributed by atoms with E-state index in [4.69, 9.17) is 0 Å². The van der Waals surface area contributed by atoms with Gasteiger partial charge in [-0.1, -0.05) is 0 Å². The molecular formula is C6H7NO5. The van der Waals surface area contributed by atoms with Crippen molar-refractivity contribution in [2.75, 3.05) is 7.11 Å². The molecule has 0 unspecified atom stereocenters. The van der Waals surface area contributed by atoms with E-state index >= 15 is 0 Å². The first-order chi connectivity index (χ1) is 5.63. The number of hydrogen-bond acceptors (Lipinski definition) is 5. The minimum atomic E-state index is -0.898. The highest BCUT2D eigenvalue weighted by Gasteiger charge is 2.34. The lowest BCUT2D eigenvalue weighted by Gasteiger charge is -2.01. The molecule has 0 aromatic rings. The number of carbonyl (C=O) groups is 3. The van der Waals surface area contributed by atoms with E-state index in [9.17, 15) is 14.4 Å². The zero-order valence-corrected chi connectivity index (χ0v) is 6.33. The van der Waals surface area contributed by atoms with Gasteiger partial charge in [-0.25, -0.2) is 9.59 Å². The standard InChI is InChI=1S/C6H7NO5/c1-11-4(8)2-3-5(9)12-6(10)7-3/h3H,2H2,1H3,(H,7,10)/t3-/m1/s1. The Bertz CT molecular complexity index is 236. The van der Waals surface area contributed by atoms with Gasteiger partial charge in [-0.3, -0.25) is 4.79 Å². The summed E-state index contributed by atoms with van der Waals surface area (Å²) < 4.78 is 8.42. The summed E-state index contributed by atoms with van der Waals surface area (Å²) in [6.07, 6.45) is -1.02. The molecule has 1 rings (SSSR count). The van der Waals surface area contributed by atoms with E-state index in [2.05, 4.69) is 14.8 Å². The summed E-state index contributed by atoms with van der Waals surface area (Å²) in [5.41, 5.74) is 0. The fraction of sp³-hybridized carbons (Fsp3) is 0.500. The Balaban J connectivity index is 2.48. The number of cyclic esters (lactones) is 2. The highest BCUT2D eigenvalue weighted by atomic mass is 16.6. The van der Waals surface area contributed by atoms with Crippen molar-refractivity contribution in [3.05, 3.63) is 0 Å². The van der Waals surface area contributed by atoms with Crippen LogP contribution in [0, 0.1) is 0 Å². The molecule has 1 fully saturated rings. The van der Waals surface area contributed by atoms with Gasteiger partial charge in [0, 0.05) is 0 Å². The van der Waals surface area contributed by atoms with Gasteiger partial charge in [0.15, 0.2) is 0 Å². The Labute approximate surface area is 67.8 Å². The predicted octanol–water partition coefficient (Wildman–Crippen LogP) is -0.816. The zero-order chi connectivity index (χ0) is 9.14. The average Bonchev–Trinajstić information content (AvgIpc) is 2.30. The van der Waals surface area contributed by atoms with Gasteiger partial charge in [-0.05, 0) is 0 Å². The molecule has 0 spiro atoms. The molecule has 1 aliphatic rings. The summed E-state index contributed by atoms with van der Waals surface area (Å²) in [6, 6.07) is -0.898. The largest absolute Gasteiger partial charge is 0.469 e. The van der Waals surface area contributed by atoms with Gasteiger partial charge >= 0.3 is 18.0 Å². The van der Waals surface area contributed by atoms with E-state index in [-0.39, 0.29) is 6.42 Å². The molecule has 12 heavy (non-hydrogen) atoms.